The number of ether oxygens (including phenoxy) is 1. The SMILES string of the molecule is CNc1ccc(OC)c(Nc2ncc(Cl)c(Nc3ccccc3P(C)(C)=O)n2)c1. The maximum Gasteiger partial charge on any atom is 0.229 e. The van der Waals surface area contributed by atoms with E-state index < -0.39 is 7.14 Å². The molecule has 1 heterocycles. The fraction of sp³-hybridized carbons (Fsp3) is 0.200. The van der Waals surface area contributed by atoms with Crippen LogP contribution < -0.4 is 26.0 Å². The average Bonchev–Trinajstić information content (AvgIpc) is 2.70. The molecule has 0 atom stereocenters. The zero-order chi connectivity index (χ0) is 21.0. The molecule has 0 aliphatic rings. The Balaban J connectivity index is 1.94. The Hall–Kier alpha value is -2.76. The lowest BCUT2D eigenvalue weighted by Gasteiger charge is -2.16. The first-order valence-corrected chi connectivity index (χ1v) is 11.9. The number of halogens is 1. The van der Waals surface area contributed by atoms with Gasteiger partial charge in [-0.2, -0.15) is 4.98 Å². The van der Waals surface area contributed by atoms with Crippen molar-refractivity contribution in [2.24, 2.45) is 0 Å². The Morgan fingerprint density at radius 2 is 1.83 bits per heavy atom. The summed E-state index contributed by atoms with van der Waals surface area (Å²) in [5, 5.41) is 10.5. The lowest BCUT2D eigenvalue weighted by atomic mass is 10.2. The molecule has 0 saturated heterocycles. The van der Waals surface area contributed by atoms with Crippen LogP contribution in [0.15, 0.2) is 48.7 Å². The molecule has 3 N–H and O–H groups in total. The molecule has 7 nitrogen and oxygen atoms in total. The highest BCUT2D eigenvalue weighted by Gasteiger charge is 2.17. The number of rotatable bonds is 7. The molecule has 0 saturated carbocycles. The molecule has 3 rings (SSSR count). The molecule has 0 unspecified atom stereocenters. The number of para-hydroxylation sites is 1. The summed E-state index contributed by atoms with van der Waals surface area (Å²) >= 11 is 6.30. The van der Waals surface area contributed by atoms with Crippen molar-refractivity contribution in [1.29, 1.82) is 0 Å². The smallest absolute Gasteiger partial charge is 0.229 e. The van der Waals surface area contributed by atoms with Crippen molar-refractivity contribution in [3.8, 4) is 5.75 Å². The van der Waals surface area contributed by atoms with E-state index in [0.717, 1.165) is 11.0 Å². The summed E-state index contributed by atoms with van der Waals surface area (Å²) in [5.74, 6) is 1.41. The highest BCUT2D eigenvalue weighted by Crippen LogP contribution is 2.38. The van der Waals surface area contributed by atoms with E-state index in [1.54, 1.807) is 20.4 Å². The van der Waals surface area contributed by atoms with Crippen LogP contribution >= 0.6 is 18.7 Å². The molecule has 0 radical (unpaired) electrons. The first-order valence-electron chi connectivity index (χ1n) is 8.89. The van der Waals surface area contributed by atoms with Crippen LogP contribution in [0.4, 0.5) is 28.8 Å². The van der Waals surface area contributed by atoms with E-state index in [9.17, 15) is 4.57 Å². The highest BCUT2D eigenvalue weighted by atomic mass is 35.5. The van der Waals surface area contributed by atoms with Gasteiger partial charge in [-0.25, -0.2) is 4.98 Å². The molecule has 0 spiro atoms. The molecule has 0 aliphatic heterocycles. The molecular weight excluding hydrogens is 409 g/mol. The third-order valence-electron chi connectivity index (χ3n) is 4.22. The lowest BCUT2D eigenvalue weighted by Crippen LogP contribution is -2.11. The maximum absolute atomic E-state index is 12.6. The minimum Gasteiger partial charge on any atom is -0.495 e. The largest absolute Gasteiger partial charge is 0.495 e. The van der Waals surface area contributed by atoms with Crippen LogP contribution in [0.25, 0.3) is 0 Å². The van der Waals surface area contributed by atoms with Crippen LogP contribution in [-0.4, -0.2) is 37.5 Å². The second-order valence-corrected chi connectivity index (χ2v) is 10.3. The molecule has 2 aromatic carbocycles. The molecule has 152 valence electrons. The van der Waals surface area contributed by atoms with Gasteiger partial charge in [0.05, 0.1) is 24.7 Å². The first-order chi connectivity index (χ1) is 13.8. The fourth-order valence-electron chi connectivity index (χ4n) is 2.77. The van der Waals surface area contributed by atoms with Gasteiger partial charge in [0.2, 0.25) is 5.95 Å². The predicted octanol–water partition coefficient (Wildman–Crippen LogP) is 4.92. The van der Waals surface area contributed by atoms with Gasteiger partial charge in [-0.3, -0.25) is 0 Å². The number of hydrogen-bond donors (Lipinski definition) is 3. The van der Waals surface area contributed by atoms with Crippen LogP contribution in [-0.2, 0) is 4.57 Å². The number of aromatic nitrogens is 2. The second kappa shape index (κ2) is 8.72. The minimum atomic E-state index is -2.48. The van der Waals surface area contributed by atoms with Gasteiger partial charge >= 0.3 is 0 Å². The summed E-state index contributed by atoms with van der Waals surface area (Å²) in [6.45, 7) is 3.45. The molecule has 0 fully saturated rings. The average molecular weight is 432 g/mol. The number of methoxy groups -OCH3 is 1. The predicted molar refractivity (Wildman–Crippen MR) is 122 cm³/mol. The summed E-state index contributed by atoms with van der Waals surface area (Å²) in [6, 6.07) is 13.1. The van der Waals surface area contributed by atoms with Gasteiger partial charge in [0.25, 0.3) is 0 Å². The van der Waals surface area contributed by atoms with Crippen molar-refractivity contribution in [2.75, 3.05) is 43.4 Å². The number of anilines is 5. The fourth-order valence-corrected chi connectivity index (χ4v) is 4.07. The van der Waals surface area contributed by atoms with Crippen molar-refractivity contribution in [1.82, 2.24) is 9.97 Å². The molecule has 0 amide bonds. The zero-order valence-corrected chi connectivity index (χ0v) is 18.3. The Bertz CT molecular complexity index is 1070. The van der Waals surface area contributed by atoms with E-state index in [1.807, 2.05) is 49.5 Å². The Morgan fingerprint density at radius 3 is 2.52 bits per heavy atom. The minimum absolute atomic E-state index is 0.345. The summed E-state index contributed by atoms with van der Waals surface area (Å²) in [5.41, 5.74) is 2.32. The standard InChI is InChI=1S/C20H23ClN5O2P/c1-22-13-9-10-17(28-2)16(11-13)25-20-23-12-14(21)19(26-20)24-15-7-5-6-8-18(15)29(3,4)27/h5-12,22H,1-4H3,(H2,23,24,25,26). The monoisotopic (exact) mass is 431 g/mol. The van der Waals surface area contributed by atoms with Gasteiger partial charge < -0.3 is 25.3 Å². The summed E-state index contributed by atoms with van der Waals surface area (Å²) in [7, 11) is 0.952. The molecule has 1 aromatic heterocycles. The molecule has 3 aromatic rings. The summed E-state index contributed by atoms with van der Waals surface area (Å²) < 4.78 is 18.0. The van der Waals surface area contributed by atoms with Crippen molar-refractivity contribution in [2.45, 2.75) is 0 Å². The van der Waals surface area contributed by atoms with Crippen LogP contribution in [0.3, 0.4) is 0 Å². The van der Waals surface area contributed by atoms with E-state index in [-0.39, 0.29) is 0 Å². The van der Waals surface area contributed by atoms with Gasteiger partial charge in [-0.15, -0.1) is 0 Å². The van der Waals surface area contributed by atoms with Crippen molar-refractivity contribution in [3.05, 3.63) is 53.7 Å². The number of hydrogen-bond acceptors (Lipinski definition) is 7. The van der Waals surface area contributed by atoms with E-state index in [4.69, 9.17) is 16.3 Å². The van der Waals surface area contributed by atoms with Crippen molar-refractivity contribution >= 4 is 52.9 Å². The lowest BCUT2D eigenvalue weighted by molar-refractivity contribution is 0.417. The van der Waals surface area contributed by atoms with Crippen molar-refractivity contribution in [3.63, 3.8) is 0 Å². The molecular formula is C20H23ClN5O2P. The van der Waals surface area contributed by atoms with E-state index in [0.29, 0.717) is 33.9 Å². The summed E-state index contributed by atoms with van der Waals surface area (Å²) in [4.78, 5) is 8.74. The van der Waals surface area contributed by atoms with Gasteiger partial charge in [0.15, 0.2) is 5.82 Å². The van der Waals surface area contributed by atoms with Gasteiger partial charge in [-0.05, 0) is 43.7 Å². The number of nitrogens with zero attached hydrogens (tertiary/aromatic N) is 2. The van der Waals surface area contributed by atoms with Gasteiger partial charge in [-0.1, -0.05) is 23.7 Å². The quantitative estimate of drug-likeness (QED) is 0.458. The normalized spacial score (nSPS) is 11.1. The van der Waals surface area contributed by atoms with E-state index in [1.165, 1.54) is 6.20 Å². The van der Waals surface area contributed by atoms with Crippen LogP contribution in [0, 0.1) is 0 Å². The highest BCUT2D eigenvalue weighted by molar-refractivity contribution is 7.70. The number of nitrogens with one attached hydrogen (secondary N) is 3. The van der Waals surface area contributed by atoms with Gasteiger partial charge in [0, 0.05) is 18.0 Å². The number of benzene rings is 2. The van der Waals surface area contributed by atoms with E-state index in [2.05, 4.69) is 25.9 Å². The molecule has 29 heavy (non-hydrogen) atoms. The zero-order valence-electron chi connectivity index (χ0n) is 16.7. The molecule has 0 bridgehead atoms. The third kappa shape index (κ3) is 5.00. The van der Waals surface area contributed by atoms with Crippen molar-refractivity contribution < 1.29 is 9.30 Å². The summed E-state index contributed by atoms with van der Waals surface area (Å²) in [6.07, 6.45) is 1.51. The Labute approximate surface area is 175 Å². The van der Waals surface area contributed by atoms with Crippen LogP contribution in [0.2, 0.25) is 5.02 Å². The van der Waals surface area contributed by atoms with Crippen LogP contribution in [0.1, 0.15) is 0 Å². The topological polar surface area (TPSA) is 88.2 Å². The van der Waals surface area contributed by atoms with Crippen LogP contribution in [0.5, 0.6) is 5.75 Å². The molecule has 0 aliphatic carbocycles. The first kappa shape index (κ1) is 21.0. The molecule has 9 heteroatoms. The Morgan fingerprint density at radius 1 is 1.07 bits per heavy atom. The van der Waals surface area contributed by atoms with E-state index >= 15 is 0 Å². The third-order valence-corrected chi connectivity index (χ3v) is 6.04. The Kier molecular flexibility index (Phi) is 6.30. The second-order valence-electron chi connectivity index (χ2n) is 6.67. The van der Waals surface area contributed by atoms with Gasteiger partial charge in [0.1, 0.15) is 17.9 Å². The maximum atomic E-state index is 12.6.